The van der Waals surface area contributed by atoms with Gasteiger partial charge in [-0.2, -0.15) is 4.31 Å². The summed E-state index contributed by atoms with van der Waals surface area (Å²) in [5.74, 6) is 0. The van der Waals surface area contributed by atoms with Crippen molar-refractivity contribution in [2.24, 2.45) is 0 Å². The third-order valence-corrected chi connectivity index (χ3v) is 6.70. The van der Waals surface area contributed by atoms with Gasteiger partial charge in [0.25, 0.3) is 5.69 Å². The number of rotatable bonds is 6. The number of ether oxygens (including phenoxy) is 1. The largest absolute Gasteiger partial charge is 0.377 e. The van der Waals surface area contributed by atoms with Gasteiger partial charge in [0, 0.05) is 45.4 Å². The van der Waals surface area contributed by atoms with E-state index in [0.717, 1.165) is 18.9 Å². The topological polar surface area (TPSA) is 105 Å². The van der Waals surface area contributed by atoms with Crippen LogP contribution in [0, 0.1) is 10.1 Å². The molecular formula is C16H24N4O5S. The van der Waals surface area contributed by atoms with Gasteiger partial charge < -0.3 is 15.0 Å². The molecule has 1 aromatic rings. The Morgan fingerprint density at radius 3 is 2.65 bits per heavy atom. The van der Waals surface area contributed by atoms with Crippen LogP contribution in [0.4, 0.5) is 11.4 Å². The number of benzene rings is 1. The summed E-state index contributed by atoms with van der Waals surface area (Å²) in [6.07, 6.45) is 1.93. The first-order chi connectivity index (χ1) is 12.4. The molecule has 3 rings (SSSR count). The minimum absolute atomic E-state index is 0.0309. The Kier molecular flexibility index (Phi) is 5.76. The average molecular weight is 384 g/mol. The molecule has 10 heteroatoms. The fraction of sp³-hybridized carbons (Fsp3) is 0.625. The lowest BCUT2D eigenvalue weighted by Crippen LogP contribution is -2.47. The minimum Gasteiger partial charge on any atom is -0.377 e. The zero-order valence-corrected chi connectivity index (χ0v) is 15.6. The van der Waals surface area contributed by atoms with Gasteiger partial charge in [0.2, 0.25) is 10.0 Å². The molecule has 2 aliphatic rings. The average Bonchev–Trinajstić information content (AvgIpc) is 3.13. The van der Waals surface area contributed by atoms with Crippen molar-refractivity contribution in [3.8, 4) is 0 Å². The number of hydrogen-bond acceptors (Lipinski definition) is 7. The molecule has 9 nitrogen and oxygen atoms in total. The van der Waals surface area contributed by atoms with Gasteiger partial charge in [-0.25, -0.2) is 8.42 Å². The molecule has 2 heterocycles. The molecule has 1 aromatic carbocycles. The molecule has 0 bridgehead atoms. The van der Waals surface area contributed by atoms with E-state index >= 15 is 0 Å². The Bertz CT molecular complexity index is 756. The maximum absolute atomic E-state index is 12.8. The Morgan fingerprint density at radius 1 is 1.31 bits per heavy atom. The first-order valence-electron chi connectivity index (χ1n) is 8.70. The second kappa shape index (κ2) is 7.87. The predicted molar refractivity (Wildman–Crippen MR) is 96.8 cm³/mol. The number of sulfonamides is 1. The van der Waals surface area contributed by atoms with Crippen LogP contribution >= 0.6 is 0 Å². The summed E-state index contributed by atoms with van der Waals surface area (Å²) in [7, 11) is -1.81. The second-order valence-corrected chi connectivity index (χ2v) is 8.60. The van der Waals surface area contributed by atoms with Crippen molar-refractivity contribution in [1.82, 2.24) is 9.21 Å². The SMILES string of the molecule is CN1CCN(S(=O)(=O)c2ccc(NC[C@@H]3CCCO3)c([N+](=O)[O-])c2)CC1. The van der Waals surface area contributed by atoms with E-state index in [1.54, 1.807) is 0 Å². The number of piperazine rings is 1. The van der Waals surface area contributed by atoms with Gasteiger partial charge in [-0.1, -0.05) is 0 Å². The van der Waals surface area contributed by atoms with Crippen LogP contribution in [-0.4, -0.2) is 75.0 Å². The number of likely N-dealkylation sites (N-methyl/N-ethyl adjacent to an activating group) is 1. The Balaban J connectivity index is 1.79. The zero-order chi connectivity index (χ0) is 18.7. The molecule has 26 heavy (non-hydrogen) atoms. The molecular weight excluding hydrogens is 360 g/mol. The predicted octanol–water partition coefficient (Wildman–Crippen LogP) is 1.12. The fourth-order valence-corrected chi connectivity index (χ4v) is 4.62. The normalized spacial score (nSPS) is 22.4. The molecule has 0 aliphatic carbocycles. The van der Waals surface area contributed by atoms with Gasteiger partial charge in [0.15, 0.2) is 0 Å². The standard InChI is InChI=1S/C16H24N4O5S/c1-18-6-8-19(9-7-18)26(23,24)14-4-5-15(16(11-14)20(21)22)17-12-13-3-2-10-25-13/h4-5,11,13,17H,2-3,6-10,12H2,1H3/t13-/m0/s1. The molecule has 0 aromatic heterocycles. The van der Waals surface area contributed by atoms with Crippen molar-refractivity contribution in [2.75, 3.05) is 51.7 Å². The Labute approximate surface area is 153 Å². The van der Waals surface area contributed by atoms with Gasteiger partial charge in [0.1, 0.15) is 5.69 Å². The highest BCUT2D eigenvalue weighted by atomic mass is 32.2. The Morgan fingerprint density at radius 2 is 2.04 bits per heavy atom. The van der Waals surface area contributed by atoms with Gasteiger partial charge in [-0.05, 0) is 32.0 Å². The van der Waals surface area contributed by atoms with E-state index in [1.807, 2.05) is 11.9 Å². The first-order valence-corrected chi connectivity index (χ1v) is 10.1. The van der Waals surface area contributed by atoms with Crippen molar-refractivity contribution in [2.45, 2.75) is 23.8 Å². The van der Waals surface area contributed by atoms with Gasteiger partial charge in [-0.15, -0.1) is 0 Å². The Hall–Kier alpha value is -1.75. The lowest BCUT2D eigenvalue weighted by molar-refractivity contribution is -0.384. The molecule has 0 amide bonds. The number of nitrogens with one attached hydrogen (secondary N) is 1. The molecule has 144 valence electrons. The molecule has 2 fully saturated rings. The van der Waals surface area contributed by atoms with Crippen molar-refractivity contribution in [3.63, 3.8) is 0 Å². The van der Waals surface area contributed by atoms with Crippen LogP contribution in [0.25, 0.3) is 0 Å². The number of nitro benzene ring substituents is 1. The quantitative estimate of drug-likeness (QED) is 0.579. The van der Waals surface area contributed by atoms with Crippen molar-refractivity contribution in [1.29, 1.82) is 0 Å². The highest BCUT2D eigenvalue weighted by Crippen LogP contribution is 2.29. The summed E-state index contributed by atoms with van der Waals surface area (Å²) < 4.78 is 32.5. The number of nitrogens with zero attached hydrogens (tertiary/aromatic N) is 3. The van der Waals surface area contributed by atoms with E-state index in [0.29, 0.717) is 45.0 Å². The number of hydrogen-bond donors (Lipinski definition) is 1. The summed E-state index contributed by atoms with van der Waals surface area (Å²) in [6.45, 7) is 3.21. The lowest BCUT2D eigenvalue weighted by atomic mass is 10.2. The van der Waals surface area contributed by atoms with Gasteiger partial charge >= 0.3 is 0 Å². The molecule has 0 spiro atoms. The van der Waals surface area contributed by atoms with Crippen LogP contribution in [0.5, 0.6) is 0 Å². The third-order valence-electron chi connectivity index (χ3n) is 4.81. The maximum Gasteiger partial charge on any atom is 0.293 e. The summed E-state index contributed by atoms with van der Waals surface area (Å²) in [5, 5.41) is 14.5. The zero-order valence-electron chi connectivity index (χ0n) is 14.8. The summed E-state index contributed by atoms with van der Waals surface area (Å²) in [5.41, 5.74) is 0.0704. The molecule has 2 aliphatic heterocycles. The van der Waals surface area contributed by atoms with Crippen LogP contribution in [0.1, 0.15) is 12.8 Å². The maximum atomic E-state index is 12.8. The van der Waals surface area contributed by atoms with E-state index in [4.69, 9.17) is 4.74 Å². The highest BCUT2D eigenvalue weighted by Gasteiger charge is 2.29. The molecule has 1 N–H and O–H groups in total. The van der Waals surface area contributed by atoms with Crippen LogP contribution in [0.2, 0.25) is 0 Å². The van der Waals surface area contributed by atoms with Crippen molar-refractivity contribution < 1.29 is 18.1 Å². The van der Waals surface area contributed by atoms with E-state index in [1.165, 1.54) is 16.4 Å². The van der Waals surface area contributed by atoms with E-state index in [9.17, 15) is 18.5 Å². The second-order valence-electron chi connectivity index (χ2n) is 6.66. The minimum atomic E-state index is -3.74. The van der Waals surface area contributed by atoms with E-state index < -0.39 is 14.9 Å². The lowest BCUT2D eigenvalue weighted by Gasteiger charge is -2.31. The summed E-state index contributed by atoms with van der Waals surface area (Å²) in [6, 6.07) is 4.04. The smallest absolute Gasteiger partial charge is 0.293 e. The monoisotopic (exact) mass is 384 g/mol. The van der Waals surface area contributed by atoms with Crippen LogP contribution in [0.3, 0.4) is 0 Å². The summed E-state index contributed by atoms with van der Waals surface area (Å²) >= 11 is 0. The molecule has 0 radical (unpaired) electrons. The molecule has 0 unspecified atom stereocenters. The van der Waals surface area contributed by atoms with Crippen molar-refractivity contribution >= 4 is 21.4 Å². The van der Waals surface area contributed by atoms with Crippen molar-refractivity contribution in [3.05, 3.63) is 28.3 Å². The van der Waals surface area contributed by atoms with Gasteiger partial charge in [0.05, 0.1) is 15.9 Å². The van der Waals surface area contributed by atoms with Crippen LogP contribution in [0.15, 0.2) is 23.1 Å². The molecule has 0 saturated carbocycles. The summed E-state index contributed by atoms with van der Waals surface area (Å²) in [4.78, 5) is 12.9. The number of anilines is 1. The fourth-order valence-electron chi connectivity index (χ4n) is 3.18. The van der Waals surface area contributed by atoms with Crippen LogP contribution < -0.4 is 5.32 Å². The third kappa shape index (κ3) is 4.14. The van der Waals surface area contributed by atoms with E-state index in [2.05, 4.69) is 5.32 Å². The number of nitro groups is 1. The van der Waals surface area contributed by atoms with E-state index in [-0.39, 0.29) is 16.7 Å². The highest BCUT2D eigenvalue weighted by molar-refractivity contribution is 7.89. The van der Waals surface area contributed by atoms with Gasteiger partial charge in [-0.3, -0.25) is 10.1 Å². The first kappa shape index (κ1) is 19.0. The molecule has 1 atom stereocenters. The molecule has 2 saturated heterocycles. The van der Waals surface area contributed by atoms with Crippen LogP contribution in [-0.2, 0) is 14.8 Å².